The third-order valence-electron chi connectivity index (χ3n) is 6.37. The number of aromatic nitrogens is 4. The van der Waals surface area contributed by atoms with Gasteiger partial charge in [-0.2, -0.15) is 5.10 Å². The monoisotopic (exact) mass is 448 g/mol. The lowest BCUT2D eigenvalue weighted by Crippen LogP contribution is -2.47. The molecule has 4 heterocycles. The van der Waals surface area contributed by atoms with Gasteiger partial charge >= 0.3 is 0 Å². The molecule has 0 unspecified atom stereocenters. The van der Waals surface area contributed by atoms with Gasteiger partial charge < -0.3 is 15.1 Å². The van der Waals surface area contributed by atoms with E-state index in [-0.39, 0.29) is 11.8 Å². The lowest BCUT2D eigenvalue weighted by molar-refractivity contribution is -0.117. The van der Waals surface area contributed by atoms with Crippen LogP contribution in [0.15, 0.2) is 36.8 Å². The van der Waals surface area contributed by atoms with E-state index in [1.807, 2.05) is 37.5 Å². The number of piperazine rings is 1. The Labute approximate surface area is 192 Å². The highest BCUT2D eigenvalue weighted by molar-refractivity contribution is 5.96. The minimum Gasteiger partial charge on any atom is -0.353 e. The molecule has 1 N–H and O–H groups in total. The summed E-state index contributed by atoms with van der Waals surface area (Å²) in [7, 11) is 1.88. The van der Waals surface area contributed by atoms with E-state index in [1.54, 1.807) is 15.9 Å². The van der Waals surface area contributed by atoms with E-state index in [4.69, 9.17) is 0 Å². The second-order valence-corrected chi connectivity index (χ2v) is 8.53. The summed E-state index contributed by atoms with van der Waals surface area (Å²) in [6.07, 6.45) is 5.35. The summed E-state index contributed by atoms with van der Waals surface area (Å²) < 4.78 is 1.76. The molecule has 2 saturated heterocycles. The normalized spacial score (nSPS) is 17.2. The lowest BCUT2D eigenvalue weighted by atomic mass is 10.2. The van der Waals surface area contributed by atoms with Gasteiger partial charge in [0.1, 0.15) is 12.1 Å². The van der Waals surface area contributed by atoms with E-state index in [1.165, 1.54) is 0 Å². The Morgan fingerprint density at radius 1 is 1.06 bits per heavy atom. The van der Waals surface area contributed by atoms with Crippen molar-refractivity contribution in [3.63, 3.8) is 0 Å². The van der Waals surface area contributed by atoms with Crippen molar-refractivity contribution in [2.45, 2.75) is 19.3 Å². The minimum atomic E-state index is -0.00435. The van der Waals surface area contributed by atoms with Crippen molar-refractivity contribution in [2.75, 3.05) is 54.4 Å². The molecule has 5 rings (SSSR count). The topological polar surface area (TPSA) is 99.5 Å². The predicted molar refractivity (Wildman–Crippen MR) is 126 cm³/mol. The van der Waals surface area contributed by atoms with Crippen LogP contribution < -0.4 is 15.1 Å². The number of fused-ring (bicyclic) bond motifs is 1. The van der Waals surface area contributed by atoms with Crippen LogP contribution in [0.4, 0.5) is 17.2 Å². The van der Waals surface area contributed by atoms with Crippen molar-refractivity contribution in [2.24, 2.45) is 7.05 Å². The van der Waals surface area contributed by atoms with Crippen LogP contribution in [-0.2, 0) is 16.6 Å². The molecule has 2 amide bonds. The Balaban J connectivity index is 1.09. The molecule has 0 radical (unpaired) electrons. The summed E-state index contributed by atoms with van der Waals surface area (Å²) in [6.45, 7) is 4.92. The SMILES string of the molecule is Cn1ncc2c(N3CCN(CCC(=O)Nc4ccc(N5CCCC5=O)cc4)CC3)ncnc21. The van der Waals surface area contributed by atoms with Crippen molar-refractivity contribution < 1.29 is 9.59 Å². The van der Waals surface area contributed by atoms with Gasteiger partial charge in [-0.1, -0.05) is 0 Å². The van der Waals surface area contributed by atoms with Gasteiger partial charge in [0, 0.05) is 70.5 Å². The molecule has 0 saturated carbocycles. The van der Waals surface area contributed by atoms with Crippen molar-refractivity contribution in [3.05, 3.63) is 36.8 Å². The molecule has 3 aromatic rings. The third kappa shape index (κ3) is 4.51. The lowest BCUT2D eigenvalue weighted by Gasteiger charge is -2.35. The summed E-state index contributed by atoms with van der Waals surface area (Å²) in [5.74, 6) is 1.08. The first-order valence-electron chi connectivity index (χ1n) is 11.4. The maximum absolute atomic E-state index is 12.4. The number of nitrogens with one attached hydrogen (secondary N) is 1. The number of rotatable bonds is 6. The van der Waals surface area contributed by atoms with Gasteiger partial charge in [-0.25, -0.2) is 9.97 Å². The van der Waals surface area contributed by atoms with Crippen molar-refractivity contribution in [3.8, 4) is 0 Å². The van der Waals surface area contributed by atoms with Crippen LogP contribution in [0, 0.1) is 0 Å². The van der Waals surface area contributed by atoms with E-state index in [9.17, 15) is 9.59 Å². The highest BCUT2D eigenvalue weighted by Crippen LogP contribution is 2.24. The van der Waals surface area contributed by atoms with Crippen LogP contribution in [0.25, 0.3) is 11.0 Å². The molecule has 2 aliphatic heterocycles. The Kier molecular flexibility index (Phi) is 5.91. The second kappa shape index (κ2) is 9.14. The molecule has 172 valence electrons. The first-order chi connectivity index (χ1) is 16.1. The summed E-state index contributed by atoms with van der Waals surface area (Å²) in [5, 5.41) is 8.22. The molecular formula is C23H28N8O2. The Morgan fingerprint density at radius 2 is 1.85 bits per heavy atom. The van der Waals surface area contributed by atoms with Gasteiger partial charge in [-0.05, 0) is 30.7 Å². The highest BCUT2D eigenvalue weighted by atomic mass is 16.2. The van der Waals surface area contributed by atoms with E-state index in [2.05, 4.69) is 30.2 Å². The second-order valence-electron chi connectivity index (χ2n) is 8.53. The fourth-order valence-electron chi connectivity index (χ4n) is 4.51. The first-order valence-corrected chi connectivity index (χ1v) is 11.4. The number of nitrogens with zero attached hydrogens (tertiary/aromatic N) is 7. The average Bonchev–Trinajstić information content (AvgIpc) is 3.44. The summed E-state index contributed by atoms with van der Waals surface area (Å²) in [6, 6.07) is 7.51. The molecule has 2 aromatic heterocycles. The Bertz CT molecular complexity index is 1150. The molecular weight excluding hydrogens is 420 g/mol. The number of amides is 2. The number of aryl methyl sites for hydroxylation is 1. The van der Waals surface area contributed by atoms with Crippen LogP contribution >= 0.6 is 0 Å². The van der Waals surface area contributed by atoms with Crippen LogP contribution in [0.5, 0.6) is 0 Å². The number of carbonyl (C=O) groups excluding carboxylic acids is 2. The molecule has 10 heteroatoms. The molecule has 0 spiro atoms. The summed E-state index contributed by atoms with van der Waals surface area (Å²) in [5.41, 5.74) is 2.48. The van der Waals surface area contributed by atoms with E-state index >= 15 is 0 Å². The van der Waals surface area contributed by atoms with E-state index in [0.29, 0.717) is 19.4 Å². The van der Waals surface area contributed by atoms with Crippen molar-refractivity contribution in [1.29, 1.82) is 0 Å². The maximum Gasteiger partial charge on any atom is 0.227 e. The zero-order valence-electron chi connectivity index (χ0n) is 18.8. The number of benzene rings is 1. The van der Waals surface area contributed by atoms with E-state index < -0.39 is 0 Å². The summed E-state index contributed by atoms with van der Waals surface area (Å²) >= 11 is 0. The maximum atomic E-state index is 12.4. The number of carbonyl (C=O) groups is 2. The smallest absolute Gasteiger partial charge is 0.227 e. The molecule has 0 aliphatic carbocycles. The quantitative estimate of drug-likeness (QED) is 0.612. The molecule has 33 heavy (non-hydrogen) atoms. The number of hydrogen-bond acceptors (Lipinski definition) is 7. The fraction of sp³-hybridized carbons (Fsp3) is 0.435. The number of anilines is 3. The third-order valence-corrected chi connectivity index (χ3v) is 6.37. The van der Waals surface area contributed by atoms with Gasteiger partial charge in [0.15, 0.2) is 5.65 Å². The van der Waals surface area contributed by atoms with E-state index in [0.717, 1.165) is 67.4 Å². The van der Waals surface area contributed by atoms with Gasteiger partial charge in [0.2, 0.25) is 11.8 Å². The molecule has 10 nitrogen and oxygen atoms in total. The van der Waals surface area contributed by atoms with Gasteiger partial charge in [0.05, 0.1) is 11.6 Å². The average molecular weight is 449 g/mol. The fourth-order valence-corrected chi connectivity index (χ4v) is 4.51. The molecule has 0 atom stereocenters. The van der Waals surface area contributed by atoms with Crippen LogP contribution in [0.3, 0.4) is 0 Å². The van der Waals surface area contributed by atoms with Crippen LogP contribution in [-0.4, -0.2) is 75.7 Å². The first kappa shape index (κ1) is 21.3. The van der Waals surface area contributed by atoms with Gasteiger partial charge in [-0.3, -0.25) is 19.2 Å². The van der Waals surface area contributed by atoms with Crippen LogP contribution in [0.1, 0.15) is 19.3 Å². The minimum absolute atomic E-state index is 0.00435. The van der Waals surface area contributed by atoms with Crippen molar-refractivity contribution >= 4 is 40.0 Å². The Morgan fingerprint density at radius 3 is 2.58 bits per heavy atom. The Hall–Kier alpha value is -3.53. The standard InChI is InChI=1S/C23H28N8O2/c1-28-22-19(15-26-28)23(25-16-24-22)30-13-11-29(12-14-30)10-8-20(32)27-17-4-6-18(7-5-17)31-9-2-3-21(31)33/h4-7,15-16H,2-3,8-14H2,1H3,(H,27,32). The van der Waals surface area contributed by atoms with Crippen molar-refractivity contribution in [1.82, 2.24) is 24.6 Å². The van der Waals surface area contributed by atoms with Crippen LogP contribution in [0.2, 0.25) is 0 Å². The zero-order valence-corrected chi connectivity index (χ0v) is 18.8. The highest BCUT2D eigenvalue weighted by Gasteiger charge is 2.22. The largest absolute Gasteiger partial charge is 0.353 e. The summed E-state index contributed by atoms with van der Waals surface area (Å²) in [4.78, 5) is 39.5. The predicted octanol–water partition coefficient (Wildman–Crippen LogP) is 1.64. The molecule has 2 aliphatic rings. The molecule has 1 aromatic carbocycles. The molecule has 0 bridgehead atoms. The number of hydrogen-bond donors (Lipinski definition) is 1. The van der Waals surface area contributed by atoms with Gasteiger partial charge in [-0.15, -0.1) is 0 Å². The zero-order chi connectivity index (χ0) is 22.8. The van der Waals surface area contributed by atoms with Gasteiger partial charge in [0.25, 0.3) is 0 Å². The molecule has 2 fully saturated rings.